The first-order valence-corrected chi connectivity index (χ1v) is 6.62. The summed E-state index contributed by atoms with van der Waals surface area (Å²) in [5.41, 5.74) is 3.02. The van der Waals surface area contributed by atoms with Crippen molar-refractivity contribution in [2.45, 2.75) is 27.0 Å². The Balaban J connectivity index is 2.04. The molecule has 1 aromatic heterocycles. The lowest BCUT2D eigenvalue weighted by atomic mass is 10.2. The van der Waals surface area contributed by atoms with E-state index in [4.69, 9.17) is 4.74 Å². The number of methoxy groups -OCH3 is 1. The molecule has 0 aliphatic heterocycles. The molecule has 0 spiro atoms. The average Bonchev–Trinajstić information content (AvgIpc) is 2.73. The van der Waals surface area contributed by atoms with E-state index < -0.39 is 0 Å². The van der Waals surface area contributed by atoms with Gasteiger partial charge in [0.25, 0.3) is 0 Å². The van der Waals surface area contributed by atoms with E-state index >= 15 is 0 Å². The van der Waals surface area contributed by atoms with Crippen LogP contribution >= 0.6 is 0 Å². The summed E-state index contributed by atoms with van der Waals surface area (Å²) < 4.78 is 6.66. The second-order valence-corrected chi connectivity index (χ2v) is 4.74. The number of rotatable bonds is 5. The van der Waals surface area contributed by atoms with Crippen molar-refractivity contribution in [3.8, 4) is 5.75 Å². The van der Waals surface area contributed by atoms with Crippen molar-refractivity contribution >= 4 is 11.6 Å². The van der Waals surface area contributed by atoms with Crippen LogP contribution < -0.4 is 10.1 Å². The van der Waals surface area contributed by atoms with Gasteiger partial charge >= 0.3 is 0 Å². The number of anilines is 1. The molecule has 112 valence electrons. The number of carbonyl (C=O) groups is 1. The highest BCUT2D eigenvalue weighted by Gasteiger charge is 2.13. The number of ether oxygens (including phenoxy) is 1. The van der Waals surface area contributed by atoms with Crippen molar-refractivity contribution in [2.75, 3.05) is 12.4 Å². The summed E-state index contributed by atoms with van der Waals surface area (Å²) in [4.78, 5) is 12.0. The van der Waals surface area contributed by atoms with Gasteiger partial charge in [-0.15, -0.1) is 0 Å². The Morgan fingerprint density at radius 3 is 2.52 bits per heavy atom. The number of nitrogens with zero attached hydrogens (tertiary/aromatic N) is 2. The molecular formula is C15H19N3O3. The summed E-state index contributed by atoms with van der Waals surface area (Å²) in [7, 11) is 1.59. The minimum Gasteiger partial charge on any atom is -0.497 e. The van der Waals surface area contributed by atoms with E-state index in [0.29, 0.717) is 5.69 Å². The van der Waals surface area contributed by atoms with Crippen LogP contribution in [-0.4, -0.2) is 27.9 Å². The molecule has 0 bridgehead atoms. The van der Waals surface area contributed by atoms with Gasteiger partial charge in [0.2, 0.25) is 5.91 Å². The molecule has 1 aromatic carbocycles. The molecule has 0 fully saturated rings. The molecule has 2 N–H and O–H groups in total. The van der Waals surface area contributed by atoms with Crippen molar-refractivity contribution in [3.05, 3.63) is 41.2 Å². The molecule has 2 aromatic rings. The Hall–Kier alpha value is -2.34. The number of amides is 1. The standard InChI is InChI=1S/C15H19N3O3/c1-10-14(9-19)11(2)18(17-10)8-15(20)16-12-4-6-13(21-3)7-5-12/h4-7,19H,8-9H2,1-3H3,(H,16,20). The van der Waals surface area contributed by atoms with Gasteiger partial charge in [-0.05, 0) is 38.1 Å². The largest absolute Gasteiger partial charge is 0.497 e. The predicted molar refractivity (Wildman–Crippen MR) is 79.2 cm³/mol. The first-order valence-electron chi connectivity index (χ1n) is 6.62. The van der Waals surface area contributed by atoms with Gasteiger partial charge in [0.1, 0.15) is 12.3 Å². The van der Waals surface area contributed by atoms with Crippen LogP contribution in [0.2, 0.25) is 0 Å². The van der Waals surface area contributed by atoms with Crippen LogP contribution in [0.3, 0.4) is 0 Å². The quantitative estimate of drug-likeness (QED) is 0.877. The fourth-order valence-corrected chi connectivity index (χ4v) is 2.13. The minimum absolute atomic E-state index is 0.0717. The highest BCUT2D eigenvalue weighted by Crippen LogP contribution is 2.16. The summed E-state index contributed by atoms with van der Waals surface area (Å²) in [5.74, 6) is 0.564. The summed E-state index contributed by atoms with van der Waals surface area (Å²) >= 11 is 0. The third-order valence-electron chi connectivity index (χ3n) is 3.36. The first-order chi connectivity index (χ1) is 10.0. The highest BCUT2D eigenvalue weighted by atomic mass is 16.5. The molecule has 0 radical (unpaired) electrons. The van der Waals surface area contributed by atoms with E-state index in [0.717, 1.165) is 22.7 Å². The molecule has 0 saturated carbocycles. The van der Waals surface area contributed by atoms with Crippen LogP contribution in [0, 0.1) is 13.8 Å². The predicted octanol–water partition coefficient (Wildman–Crippen LogP) is 1.64. The first kappa shape index (κ1) is 15.1. The molecule has 0 unspecified atom stereocenters. The molecule has 0 aliphatic carbocycles. The van der Waals surface area contributed by atoms with E-state index in [1.165, 1.54) is 0 Å². The molecule has 6 heteroatoms. The fourth-order valence-electron chi connectivity index (χ4n) is 2.13. The average molecular weight is 289 g/mol. The number of hydrogen-bond donors (Lipinski definition) is 2. The van der Waals surface area contributed by atoms with Crippen LogP contribution in [0.25, 0.3) is 0 Å². The number of aromatic nitrogens is 2. The summed E-state index contributed by atoms with van der Waals surface area (Å²) in [6, 6.07) is 7.11. The maximum Gasteiger partial charge on any atom is 0.246 e. The van der Waals surface area contributed by atoms with Crippen LogP contribution in [0.15, 0.2) is 24.3 Å². The van der Waals surface area contributed by atoms with Crippen LogP contribution in [0.1, 0.15) is 17.0 Å². The van der Waals surface area contributed by atoms with E-state index in [1.54, 1.807) is 36.1 Å². The fraction of sp³-hybridized carbons (Fsp3) is 0.333. The Bertz CT molecular complexity index is 632. The van der Waals surface area contributed by atoms with Gasteiger partial charge in [-0.2, -0.15) is 5.10 Å². The number of hydrogen-bond acceptors (Lipinski definition) is 4. The molecule has 0 saturated heterocycles. The van der Waals surface area contributed by atoms with Gasteiger partial charge in [-0.1, -0.05) is 0 Å². The lowest BCUT2D eigenvalue weighted by molar-refractivity contribution is -0.116. The molecular weight excluding hydrogens is 270 g/mol. The third kappa shape index (κ3) is 3.41. The van der Waals surface area contributed by atoms with Crippen molar-refractivity contribution in [1.29, 1.82) is 0 Å². The van der Waals surface area contributed by atoms with Crippen LogP contribution in [0.5, 0.6) is 5.75 Å². The Kier molecular flexibility index (Phi) is 4.59. The minimum atomic E-state index is -0.171. The van der Waals surface area contributed by atoms with Crippen LogP contribution in [0.4, 0.5) is 5.69 Å². The molecule has 0 aliphatic rings. The number of carbonyl (C=O) groups excluding carboxylic acids is 1. The number of benzene rings is 1. The zero-order valence-electron chi connectivity index (χ0n) is 12.4. The summed E-state index contributed by atoms with van der Waals surface area (Å²) in [5, 5.41) is 16.3. The summed E-state index contributed by atoms with van der Waals surface area (Å²) in [6.45, 7) is 3.69. The molecule has 21 heavy (non-hydrogen) atoms. The molecule has 2 rings (SSSR count). The monoisotopic (exact) mass is 289 g/mol. The number of nitrogens with one attached hydrogen (secondary N) is 1. The van der Waals surface area contributed by atoms with Crippen molar-refractivity contribution in [3.63, 3.8) is 0 Å². The maximum absolute atomic E-state index is 12.0. The Labute approximate surface area is 123 Å². The number of aliphatic hydroxyl groups excluding tert-OH is 1. The molecule has 1 heterocycles. The topological polar surface area (TPSA) is 76.4 Å². The van der Waals surface area contributed by atoms with Crippen LogP contribution in [-0.2, 0) is 17.9 Å². The normalized spacial score (nSPS) is 10.5. The summed E-state index contributed by atoms with van der Waals surface area (Å²) in [6.07, 6.45) is 0. The maximum atomic E-state index is 12.0. The SMILES string of the molecule is COc1ccc(NC(=O)Cn2nc(C)c(CO)c2C)cc1. The van der Waals surface area contributed by atoms with Gasteiger partial charge in [0.05, 0.1) is 19.4 Å². The lowest BCUT2D eigenvalue weighted by Crippen LogP contribution is -2.20. The Morgan fingerprint density at radius 1 is 1.33 bits per heavy atom. The van der Waals surface area contributed by atoms with Crippen molar-refractivity contribution in [2.24, 2.45) is 0 Å². The lowest BCUT2D eigenvalue weighted by Gasteiger charge is -2.08. The van der Waals surface area contributed by atoms with E-state index in [1.807, 2.05) is 13.8 Å². The number of aliphatic hydroxyl groups is 1. The van der Waals surface area contributed by atoms with Gasteiger partial charge in [0.15, 0.2) is 0 Å². The second kappa shape index (κ2) is 6.41. The third-order valence-corrected chi connectivity index (χ3v) is 3.36. The zero-order chi connectivity index (χ0) is 15.4. The van der Waals surface area contributed by atoms with Gasteiger partial charge in [-0.25, -0.2) is 0 Å². The number of aryl methyl sites for hydroxylation is 1. The van der Waals surface area contributed by atoms with Crippen molar-refractivity contribution in [1.82, 2.24) is 9.78 Å². The molecule has 0 atom stereocenters. The highest BCUT2D eigenvalue weighted by molar-refractivity contribution is 5.90. The van der Waals surface area contributed by atoms with E-state index in [9.17, 15) is 9.90 Å². The zero-order valence-corrected chi connectivity index (χ0v) is 12.4. The Morgan fingerprint density at radius 2 is 2.00 bits per heavy atom. The van der Waals surface area contributed by atoms with Gasteiger partial charge in [-0.3, -0.25) is 9.48 Å². The van der Waals surface area contributed by atoms with Crippen molar-refractivity contribution < 1.29 is 14.6 Å². The van der Waals surface area contributed by atoms with Gasteiger partial charge in [0, 0.05) is 16.9 Å². The smallest absolute Gasteiger partial charge is 0.246 e. The second-order valence-electron chi connectivity index (χ2n) is 4.74. The van der Waals surface area contributed by atoms with E-state index in [2.05, 4.69) is 10.4 Å². The van der Waals surface area contributed by atoms with Gasteiger partial charge < -0.3 is 15.2 Å². The van der Waals surface area contributed by atoms with E-state index in [-0.39, 0.29) is 19.1 Å². The molecule has 1 amide bonds. The molecule has 6 nitrogen and oxygen atoms in total.